The smallest absolute Gasteiger partial charge is 0.257 e. The molecule has 1 aliphatic heterocycles. The Morgan fingerprint density at radius 2 is 1.87 bits per heavy atom. The second kappa shape index (κ2) is 9.71. The average Bonchev–Trinajstić information content (AvgIpc) is 2.83. The highest BCUT2D eigenvalue weighted by atomic mass is 16.5. The van der Waals surface area contributed by atoms with E-state index in [4.69, 9.17) is 4.74 Å². The number of amides is 1. The number of pyridine rings is 2. The van der Waals surface area contributed by atoms with Crippen molar-refractivity contribution in [2.75, 3.05) is 32.1 Å². The zero-order valence-electron chi connectivity index (χ0n) is 17.9. The SMILES string of the molecule is C=C(CNc1ncccc1C(=O)N(C)Cc1cccc2cccnc12)C1CCOCC1. The van der Waals surface area contributed by atoms with Crippen molar-refractivity contribution in [1.29, 1.82) is 0 Å². The fourth-order valence-corrected chi connectivity index (χ4v) is 3.99. The molecular formula is C25H28N4O2. The number of carbonyl (C=O) groups is 1. The van der Waals surface area contributed by atoms with Gasteiger partial charge in [-0.1, -0.05) is 36.4 Å². The number of carbonyl (C=O) groups excluding carboxylic acids is 1. The predicted molar refractivity (Wildman–Crippen MR) is 123 cm³/mol. The first-order valence-electron chi connectivity index (χ1n) is 10.7. The number of nitrogens with zero attached hydrogens (tertiary/aromatic N) is 3. The van der Waals surface area contributed by atoms with Crippen molar-refractivity contribution >= 4 is 22.6 Å². The van der Waals surface area contributed by atoms with Gasteiger partial charge in [-0.3, -0.25) is 9.78 Å². The quantitative estimate of drug-likeness (QED) is 0.582. The highest BCUT2D eigenvalue weighted by molar-refractivity contribution is 5.98. The molecule has 0 unspecified atom stereocenters. The van der Waals surface area contributed by atoms with Crippen LogP contribution in [0.2, 0.25) is 0 Å². The van der Waals surface area contributed by atoms with Gasteiger partial charge in [0.1, 0.15) is 5.82 Å². The lowest BCUT2D eigenvalue weighted by molar-refractivity contribution is 0.0757. The zero-order valence-corrected chi connectivity index (χ0v) is 17.9. The topological polar surface area (TPSA) is 67.4 Å². The molecule has 0 atom stereocenters. The van der Waals surface area contributed by atoms with Gasteiger partial charge in [-0.15, -0.1) is 0 Å². The summed E-state index contributed by atoms with van der Waals surface area (Å²) < 4.78 is 5.44. The third kappa shape index (κ3) is 4.91. The van der Waals surface area contributed by atoms with Crippen molar-refractivity contribution in [1.82, 2.24) is 14.9 Å². The Labute approximate surface area is 183 Å². The number of hydrogen-bond acceptors (Lipinski definition) is 5. The van der Waals surface area contributed by atoms with Gasteiger partial charge in [0.05, 0.1) is 11.1 Å². The number of rotatable bonds is 7. The van der Waals surface area contributed by atoms with Crippen LogP contribution in [0, 0.1) is 5.92 Å². The number of aromatic nitrogens is 2. The first-order valence-corrected chi connectivity index (χ1v) is 10.7. The Hall–Kier alpha value is -3.25. The molecule has 3 heterocycles. The third-order valence-electron chi connectivity index (χ3n) is 5.79. The molecule has 4 rings (SSSR count). The number of para-hydroxylation sites is 1. The summed E-state index contributed by atoms with van der Waals surface area (Å²) in [6.45, 7) is 6.87. The van der Waals surface area contributed by atoms with Crippen molar-refractivity contribution in [2.24, 2.45) is 5.92 Å². The first-order chi connectivity index (χ1) is 15.1. The van der Waals surface area contributed by atoms with Crippen LogP contribution in [-0.4, -0.2) is 47.6 Å². The molecule has 1 N–H and O–H groups in total. The highest BCUT2D eigenvalue weighted by Crippen LogP contribution is 2.24. The van der Waals surface area contributed by atoms with Gasteiger partial charge >= 0.3 is 0 Å². The van der Waals surface area contributed by atoms with Crippen LogP contribution in [0.15, 0.2) is 67.0 Å². The van der Waals surface area contributed by atoms with Crippen molar-refractivity contribution in [2.45, 2.75) is 19.4 Å². The molecule has 1 aliphatic rings. The fourth-order valence-electron chi connectivity index (χ4n) is 3.99. The maximum absolute atomic E-state index is 13.2. The highest BCUT2D eigenvalue weighted by Gasteiger charge is 2.20. The minimum Gasteiger partial charge on any atom is -0.381 e. The van der Waals surface area contributed by atoms with Crippen LogP contribution < -0.4 is 5.32 Å². The summed E-state index contributed by atoms with van der Waals surface area (Å²) in [5.41, 5.74) is 3.61. The lowest BCUT2D eigenvalue weighted by atomic mass is 9.92. The molecule has 6 heteroatoms. The Balaban J connectivity index is 1.46. The van der Waals surface area contributed by atoms with E-state index in [0.717, 1.165) is 48.1 Å². The molecule has 2 aromatic heterocycles. The molecule has 1 amide bonds. The van der Waals surface area contributed by atoms with E-state index in [-0.39, 0.29) is 5.91 Å². The van der Waals surface area contributed by atoms with E-state index in [9.17, 15) is 4.79 Å². The molecule has 0 aliphatic carbocycles. The molecule has 160 valence electrons. The van der Waals surface area contributed by atoms with E-state index in [2.05, 4.69) is 21.9 Å². The Morgan fingerprint density at radius 3 is 2.71 bits per heavy atom. The maximum atomic E-state index is 13.2. The molecule has 0 spiro atoms. The molecule has 31 heavy (non-hydrogen) atoms. The van der Waals surface area contributed by atoms with Gasteiger partial charge < -0.3 is 15.0 Å². The first kappa shape index (κ1) is 21.0. The van der Waals surface area contributed by atoms with E-state index in [0.29, 0.717) is 30.4 Å². The lowest BCUT2D eigenvalue weighted by Gasteiger charge is -2.25. The Morgan fingerprint density at radius 1 is 1.13 bits per heavy atom. The van der Waals surface area contributed by atoms with Gasteiger partial charge in [-0.25, -0.2) is 4.98 Å². The van der Waals surface area contributed by atoms with Gasteiger partial charge in [0, 0.05) is 51.1 Å². The normalized spacial score (nSPS) is 14.4. The Kier molecular flexibility index (Phi) is 6.57. The molecule has 1 aromatic carbocycles. The molecule has 6 nitrogen and oxygen atoms in total. The number of ether oxygens (including phenoxy) is 1. The number of fused-ring (bicyclic) bond motifs is 1. The number of benzene rings is 1. The summed E-state index contributed by atoms with van der Waals surface area (Å²) in [5, 5.41) is 4.39. The van der Waals surface area contributed by atoms with Crippen molar-refractivity contribution < 1.29 is 9.53 Å². The van der Waals surface area contributed by atoms with Gasteiger partial charge in [-0.05, 0) is 42.5 Å². The largest absolute Gasteiger partial charge is 0.381 e. The molecule has 0 saturated carbocycles. The zero-order chi connectivity index (χ0) is 21.6. The van der Waals surface area contributed by atoms with Crippen LogP contribution in [0.1, 0.15) is 28.8 Å². The maximum Gasteiger partial charge on any atom is 0.257 e. The van der Waals surface area contributed by atoms with Crippen LogP contribution in [0.5, 0.6) is 0 Å². The summed E-state index contributed by atoms with van der Waals surface area (Å²) in [6, 6.07) is 13.6. The Bertz CT molecular complexity index is 1070. The van der Waals surface area contributed by atoms with Crippen molar-refractivity contribution in [3.8, 4) is 0 Å². The van der Waals surface area contributed by atoms with E-state index in [1.165, 1.54) is 0 Å². The average molecular weight is 417 g/mol. The van der Waals surface area contributed by atoms with E-state index in [1.54, 1.807) is 23.4 Å². The van der Waals surface area contributed by atoms with Crippen LogP contribution in [0.3, 0.4) is 0 Å². The number of hydrogen-bond donors (Lipinski definition) is 1. The minimum atomic E-state index is -0.0831. The molecule has 1 saturated heterocycles. The number of nitrogens with one attached hydrogen (secondary N) is 1. The van der Waals surface area contributed by atoms with Crippen molar-refractivity contribution in [3.05, 3.63) is 78.1 Å². The standard InChI is InChI=1S/C25H28N4O2/c1-18(19-10-14-31-15-11-19)16-28-24-22(9-5-13-27-24)25(30)29(2)17-21-7-3-6-20-8-4-12-26-23(20)21/h3-9,12-13,19H,1,10-11,14-17H2,2H3,(H,27,28). The number of anilines is 1. The second-order valence-corrected chi connectivity index (χ2v) is 7.95. The molecule has 0 radical (unpaired) electrons. The molecule has 3 aromatic rings. The second-order valence-electron chi connectivity index (χ2n) is 7.95. The van der Waals surface area contributed by atoms with E-state index in [1.807, 2.05) is 43.4 Å². The summed E-state index contributed by atoms with van der Waals surface area (Å²) >= 11 is 0. The predicted octanol–water partition coefficient (Wildman–Crippen LogP) is 4.30. The van der Waals surface area contributed by atoms with Crippen molar-refractivity contribution in [3.63, 3.8) is 0 Å². The van der Waals surface area contributed by atoms with Crippen LogP contribution in [0.25, 0.3) is 10.9 Å². The molecule has 0 bridgehead atoms. The summed E-state index contributed by atoms with van der Waals surface area (Å²) in [7, 11) is 1.81. The van der Waals surface area contributed by atoms with E-state index < -0.39 is 0 Å². The van der Waals surface area contributed by atoms with Gasteiger partial charge in [0.25, 0.3) is 5.91 Å². The lowest BCUT2D eigenvalue weighted by Crippen LogP contribution is -2.28. The summed E-state index contributed by atoms with van der Waals surface area (Å²) in [5.74, 6) is 0.953. The van der Waals surface area contributed by atoms with Crippen LogP contribution in [0.4, 0.5) is 5.82 Å². The molecular weight excluding hydrogens is 388 g/mol. The van der Waals surface area contributed by atoms with Crippen LogP contribution in [-0.2, 0) is 11.3 Å². The minimum absolute atomic E-state index is 0.0831. The molecule has 1 fully saturated rings. The third-order valence-corrected chi connectivity index (χ3v) is 5.79. The van der Waals surface area contributed by atoms with Crippen LogP contribution >= 0.6 is 0 Å². The van der Waals surface area contributed by atoms with Gasteiger partial charge in [-0.2, -0.15) is 0 Å². The van der Waals surface area contributed by atoms with E-state index >= 15 is 0 Å². The summed E-state index contributed by atoms with van der Waals surface area (Å²) in [4.78, 5) is 23.9. The van der Waals surface area contributed by atoms with Gasteiger partial charge in [0.15, 0.2) is 0 Å². The monoisotopic (exact) mass is 416 g/mol. The fraction of sp³-hybridized carbons (Fsp3) is 0.320. The summed E-state index contributed by atoms with van der Waals surface area (Å²) in [6.07, 6.45) is 5.47. The van der Waals surface area contributed by atoms with Gasteiger partial charge in [0.2, 0.25) is 0 Å².